The number of carbonyl (C=O) groups excluding carboxylic acids is 5. The van der Waals surface area contributed by atoms with Crippen LogP contribution in [0.4, 0.5) is 5.69 Å². The van der Waals surface area contributed by atoms with Crippen molar-refractivity contribution >= 4 is 36.2 Å². The van der Waals surface area contributed by atoms with Gasteiger partial charge in [0.25, 0.3) is 5.91 Å². The second-order valence-corrected chi connectivity index (χ2v) is 10.6. The van der Waals surface area contributed by atoms with Crippen LogP contribution in [-0.4, -0.2) is 94.2 Å². The summed E-state index contributed by atoms with van der Waals surface area (Å²) in [5.74, 6) is -1.06. The van der Waals surface area contributed by atoms with Crippen LogP contribution in [0.5, 0.6) is 0 Å². The maximum atomic E-state index is 13.2. The van der Waals surface area contributed by atoms with E-state index < -0.39 is 17.9 Å². The number of nitrogens with zero attached hydrogens (tertiary/aromatic N) is 1. The Balaban J connectivity index is 1.23. The number of hydrogen-bond acceptors (Lipinski definition) is 9. The van der Waals surface area contributed by atoms with Gasteiger partial charge in [-0.2, -0.15) is 0 Å². The summed E-state index contributed by atoms with van der Waals surface area (Å²) in [7, 11) is 0. The van der Waals surface area contributed by atoms with E-state index in [1.165, 1.54) is 0 Å². The van der Waals surface area contributed by atoms with Crippen molar-refractivity contribution in [3.63, 3.8) is 0 Å². The van der Waals surface area contributed by atoms with Crippen LogP contribution in [0.2, 0.25) is 0 Å². The highest BCUT2D eigenvalue weighted by molar-refractivity contribution is 6.05. The predicted octanol–water partition coefficient (Wildman–Crippen LogP) is 1.45. The third-order valence-corrected chi connectivity index (χ3v) is 7.19. The van der Waals surface area contributed by atoms with E-state index in [1.807, 2.05) is 30.3 Å². The lowest BCUT2D eigenvalue weighted by molar-refractivity contribution is -0.131. The van der Waals surface area contributed by atoms with E-state index in [4.69, 9.17) is 14.2 Å². The first kappa shape index (κ1) is 35.9. The summed E-state index contributed by atoms with van der Waals surface area (Å²) in [6, 6.07) is 11.8. The van der Waals surface area contributed by atoms with Crippen LogP contribution >= 0.6 is 0 Å². The molecule has 0 bridgehead atoms. The minimum Gasteiger partial charge on any atom is -0.382 e. The topological polar surface area (TPSA) is 164 Å². The fraction of sp³-hybridized carbons (Fsp3) is 0.424. The van der Waals surface area contributed by atoms with E-state index in [9.17, 15) is 24.0 Å². The molecule has 4 N–H and O–H groups in total. The highest BCUT2D eigenvalue weighted by atomic mass is 16.5. The van der Waals surface area contributed by atoms with Crippen LogP contribution in [-0.2, 0) is 46.4 Å². The molecule has 1 saturated heterocycles. The number of benzene rings is 2. The van der Waals surface area contributed by atoms with Gasteiger partial charge >= 0.3 is 0 Å². The number of amides is 5. The van der Waals surface area contributed by atoms with Crippen molar-refractivity contribution in [2.24, 2.45) is 0 Å². The molecule has 0 aromatic heterocycles. The number of nitrogens with one attached hydrogen (secondary N) is 4. The monoisotopic (exact) mass is 637 g/mol. The van der Waals surface area contributed by atoms with Crippen LogP contribution in [0.1, 0.15) is 39.9 Å². The van der Waals surface area contributed by atoms with Crippen molar-refractivity contribution in [1.82, 2.24) is 20.9 Å². The summed E-state index contributed by atoms with van der Waals surface area (Å²) in [5, 5.41) is 11.3. The van der Waals surface area contributed by atoms with Gasteiger partial charge in [0.15, 0.2) is 0 Å². The molecule has 46 heavy (non-hydrogen) atoms. The molecule has 1 fully saturated rings. The molecule has 1 atom stereocenters. The Hall–Kier alpha value is -4.59. The molecule has 2 aromatic carbocycles. The van der Waals surface area contributed by atoms with E-state index in [0.717, 1.165) is 21.7 Å². The first-order chi connectivity index (χ1) is 22.3. The Morgan fingerprint density at radius 1 is 0.978 bits per heavy atom. The van der Waals surface area contributed by atoms with E-state index in [0.29, 0.717) is 102 Å². The Kier molecular flexibility index (Phi) is 15.4. The lowest BCUT2D eigenvalue weighted by Crippen LogP contribution is -2.51. The number of piperidine rings is 1. The largest absolute Gasteiger partial charge is 0.382 e. The van der Waals surface area contributed by atoms with Crippen LogP contribution in [0.15, 0.2) is 54.7 Å². The van der Waals surface area contributed by atoms with E-state index in [2.05, 4.69) is 27.8 Å². The maximum absolute atomic E-state index is 13.2. The average molecular weight is 638 g/mol. The molecule has 2 aromatic rings. The number of anilines is 1. The van der Waals surface area contributed by atoms with E-state index in [-0.39, 0.29) is 12.3 Å². The normalized spacial score (nSPS) is 14.2. The Bertz CT molecular complexity index is 1350. The molecule has 13 heteroatoms. The minimum atomic E-state index is -0.874. The van der Waals surface area contributed by atoms with Gasteiger partial charge in [0.2, 0.25) is 24.6 Å². The molecular weight excluding hydrogens is 594 g/mol. The average Bonchev–Trinajstić information content (AvgIpc) is 3.04. The van der Waals surface area contributed by atoms with Gasteiger partial charge in [-0.3, -0.25) is 28.9 Å². The zero-order valence-electron chi connectivity index (χ0n) is 26.2. The Labute approximate surface area is 269 Å². The van der Waals surface area contributed by atoms with E-state index >= 15 is 0 Å². The fourth-order valence-corrected chi connectivity index (χ4v) is 4.81. The van der Waals surface area contributed by atoms with Gasteiger partial charge in [0.05, 0.1) is 46.1 Å². The van der Waals surface area contributed by atoms with Crippen molar-refractivity contribution in [1.29, 1.82) is 0 Å². The number of imide groups is 1. The summed E-state index contributed by atoms with van der Waals surface area (Å²) in [4.78, 5) is 60.8. The summed E-state index contributed by atoms with van der Waals surface area (Å²) < 4.78 is 16.6. The second-order valence-electron chi connectivity index (χ2n) is 10.6. The van der Waals surface area contributed by atoms with Crippen molar-refractivity contribution in [3.8, 4) is 0 Å². The third kappa shape index (κ3) is 11.7. The predicted molar refractivity (Wildman–Crippen MR) is 171 cm³/mol. The number of hydrogen-bond donors (Lipinski definition) is 4. The molecule has 0 radical (unpaired) electrons. The molecule has 13 nitrogen and oxygen atoms in total. The molecule has 3 rings (SSSR count). The first-order valence-corrected chi connectivity index (χ1v) is 15.2. The lowest BCUT2D eigenvalue weighted by atomic mass is 10.0. The molecule has 0 spiro atoms. The van der Waals surface area contributed by atoms with Gasteiger partial charge in [0, 0.05) is 36.6 Å². The lowest BCUT2D eigenvalue weighted by Gasteiger charge is -2.30. The molecule has 1 heterocycles. The Morgan fingerprint density at radius 2 is 1.65 bits per heavy atom. The molecule has 1 unspecified atom stereocenters. The van der Waals surface area contributed by atoms with Crippen LogP contribution < -0.4 is 21.3 Å². The van der Waals surface area contributed by atoms with Crippen molar-refractivity contribution in [2.75, 3.05) is 58.0 Å². The van der Waals surface area contributed by atoms with Gasteiger partial charge in [-0.25, -0.2) is 0 Å². The number of allylic oxidation sites excluding steroid dienone is 1. The highest BCUT2D eigenvalue weighted by Gasteiger charge is 2.33. The molecule has 0 saturated carbocycles. The zero-order valence-corrected chi connectivity index (χ0v) is 26.2. The van der Waals surface area contributed by atoms with Crippen LogP contribution in [0, 0.1) is 6.92 Å². The van der Waals surface area contributed by atoms with Crippen LogP contribution in [0.3, 0.4) is 0 Å². The van der Waals surface area contributed by atoms with Gasteiger partial charge in [-0.15, -0.1) is 0 Å². The molecule has 0 aliphatic carbocycles. The smallest absolute Gasteiger partial charge is 0.261 e. The quantitative estimate of drug-likeness (QED) is 0.117. The summed E-state index contributed by atoms with van der Waals surface area (Å²) in [6.45, 7) is 9.16. The first-order valence-electron chi connectivity index (χ1n) is 15.2. The maximum Gasteiger partial charge on any atom is 0.261 e. The Morgan fingerprint density at radius 3 is 2.35 bits per heavy atom. The third-order valence-electron chi connectivity index (χ3n) is 7.19. The van der Waals surface area contributed by atoms with Gasteiger partial charge < -0.3 is 35.5 Å². The molecular formula is C33H43N5O8. The van der Waals surface area contributed by atoms with Gasteiger partial charge in [-0.1, -0.05) is 36.9 Å². The van der Waals surface area contributed by atoms with Gasteiger partial charge in [-0.05, 0) is 48.6 Å². The van der Waals surface area contributed by atoms with Crippen molar-refractivity contribution < 1.29 is 38.2 Å². The standard InChI is InChI=1S/C33H43N5O8/c1-24-9-10-30(32(42)37-24)38(23-40)33(43)28-7-4-8-29(25(28)2)35-11-13-44-15-17-46-18-16-45-14-12-36-31(41)20-26-5-3-6-27(19-26)21-34-22-39/h3-8,19,22-23,30,35H,1,9-18,20-21H2,2H3,(H,34,39)(H,36,41)(H,37,42). The molecule has 1 aliphatic rings. The minimum absolute atomic E-state index is 0.106. The molecule has 248 valence electrons. The van der Waals surface area contributed by atoms with Crippen molar-refractivity contribution in [3.05, 3.63) is 77.0 Å². The van der Waals surface area contributed by atoms with Gasteiger partial charge in [0.1, 0.15) is 6.04 Å². The fourth-order valence-electron chi connectivity index (χ4n) is 4.81. The number of rotatable bonds is 21. The summed E-state index contributed by atoms with van der Waals surface area (Å²) in [5.41, 5.74) is 4.09. The SMILES string of the molecule is C=C1CCC(N(C=O)C(=O)c2cccc(NCCOCCOCCOCCNC(=O)Cc3cccc(CNC=O)c3)c2C)C(=O)N1. The molecule has 5 amide bonds. The second kappa shape index (κ2) is 19.7. The zero-order chi connectivity index (χ0) is 33.1. The number of carbonyl (C=O) groups is 5. The highest BCUT2D eigenvalue weighted by Crippen LogP contribution is 2.23. The summed E-state index contributed by atoms with van der Waals surface area (Å²) in [6.07, 6.45) is 2.13. The molecule has 1 aliphatic heterocycles. The number of ether oxygens (including phenoxy) is 3. The summed E-state index contributed by atoms with van der Waals surface area (Å²) >= 11 is 0. The van der Waals surface area contributed by atoms with Crippen molar-refractivity contribution in [2.45, 2.75) is 38.8 Å². The van der Waals surface area contributed by atoms with Crippen LogP contribution in [0.25, 0.3) is 0 Å². The van der Waals surface area contributed by atoms with E-state index in [1.54, 1.807) is 19.1 Å².